The Bertz CT molecular complexity index is 1070. The maximum atomic E-state index is 14.5. The molecule has 0 aliphatic carbocycles. The Morgan fingerprint density at radius 1 is 1.24 bits per heavy atom. The van der Waals surface area contributed by atoms with E-state index >= 15 is 0 Å². The molecule has 1 aliphatic rings. The van der Waals surface area contributed by atoms with Gasteiger partial charge < -0.3 is 20.3 Å². The van der Waals surface area contributed by atoms with Crippen LogP contribution >= 0.6 is 11.6 Å². The Morgan fingerprint density at radius 2 is 1.97 bits per heavy atom. The fraction of sp³-hybridized carbons (Fsp3) is 0.318. The fourth-order valence-electron chi connectivity index (χ4n) is 3.48. The summed E-state index contributed by atoms with van der Waals surface area (Å²) in [6.07, 6.45) is 1.39. The normalized spacial score (nSPS) is 16.0. The topological polar surface area (TPSA) is 107 Å². The summed E-state index contributed by atoms with van der Waals surface area (Å²) in [4.78, 5) is 23.1. The first-order valence-corrected chi connectivity index (χ1v) is 10.4. The molecule has 2 aromatic rings. The number of pyridine rings is 1. The number of nitrogens with one attached hydrogen (secondary N) is 1. The van der Waals surface area contributed by atoms with Crippen LogP contribution in [0.15, 0.2) is 52.8 Å². The second-order valence-corrected chi connectivity index (χ2v) is 7.52. The first kappa shape index (κ1) is 24.7. The van der Waals surface area contributed by atoms with E-state index in [0.717, 1.165) is 6.07 Å². The van der Waals surface area contributed by atoms with Crippen LogP contribution in [0.2, 0.25) is 5.02 Å². The van der Waals surface area contributed by atoms with E-state index in [-0.39, 0.29) is 55.0 Å². The molecule has 0 spiro atoms. The summed E-state index contributed by atoms with van der Waals surface area (Å²) in [6.45, 7) is 0.0846. The monoisotopic (exact) mass is 480 g/mol. The van der Waals surface area contributed by atoms with Crippen LogP contribution in [0.1, 0.15) is 17.3 Å². The Hall–Kier alpha value is -2.92. The number of hydrogen-bond acceptors (Lipinski definition) is 8. The number of carbonyl (C=O) groups excluding carboxylic acids is 1. The molecule has 2 heterocycles. The zero-order valence-electron chi connectivity index (χ0n) is 17.8. The molecule has 0 saturated heterocycles. The Morgan fingerprint density at radius 3 is 2.58 bits per heavy atom. The van der Waals surface area contributed by atoms with E-state index in [2.05, 4.69) is 15.3 Å². The molecule has 1 unspecified atom stereocenters. The molecule has 0 saturated carbocycles. The van der Waals surface area contributed by atoms with E-state index in [9.17, 15) is 23.8 Å². The van der Waals surface area contributed by atoms with E-state index in [0.29, 0.717) is 11.3 Å². The van der Waals surface area contributed by atoms with Crippen molar-refractivity contribution < 1.29 is 28.5 Å². The predicted octanol–water partition coefficient (Wildman–Crippen LogP) is 1.82. The molecule has 0 bridgehead atoms. The van der Waals surface area contributed by atoms with Gasteiger partial charge >= 0.3 is 5.97 Å². The van der Waals surface area contributed by atoms with Crippen LogP contribution in [-0.4, -0.2) is 71.9 Å². The lowest BCUT2D eigenvalue weighted by atomic mass is 9.95. The SMILES string of the molecule is COC(=O)C1=C(CN(CCO)CCO)NC(c2ncccc2F)=NC1c1ccc(F)cc1Cl. The van der Waals surface area contributed by atoms with Gasteiger partial charge in [0.25, 0.3) is 0 Å². The van der Waals surface area contributed by atoms with Crippen molar-refractivity contribution in [1.29, 1.82) is 0 Å². The number of aliphatic imine (C=N–C) groups is 1. The number of aliphatic hydroxyl groups excluding tert-OH is 2. The van der Waals surface area contributed by atoms with Gasteiger partial charge in [-0.3, -0.25) is 9.89 Å². The minimum Gasteiger partial charge on any atom is -0.466 e. The average Bonchev–Trinajstić information content (AvgIpc) is 2.79. The van der Waals surface area contributed by atoms with Crippen LogP contribution in [0.5, 0.6) is 0 Å². The molecular weight excluding hydrogens is 458 g/mol. The standard InChI is InChI=1S/C22H23ClF2N4O4/c1-33-22(32)18-17(12-29(7-9-30)8-10-31)27-21(20-16(25)3-2-6-26-20)28-19(18)14-5-4-13(24)11-15(14)23/h2-6,11,19,30-31H,7-10,12H2,1H3,(H,27,28). The third kappa shape index (κ3) is 5.72. The summed E-state index contributed by atoms with van der Waals surface area (Å²) in [5.74, 6) is -1.90. The van der Waals surface area contributed by atoms with Gasteiger partial charge in [0.15, 0.2) is 11.7 Å². The number of nitrogens with zero attached hydrogens (tertiary/aromatic N) is 3. The Labute approximate surface area is 194 Å². The number of aromatic nitrogens is 1. The summed E-state index contributed by atoms with van der Waals surface area (Å²) < 4.78 is 33.2. The highest BCUT2D eigenvalue weighted by molar-refractivity contribution is 6.31. The largest absolute Gasteiger partial charge is 0.466 e. The van der Waals surface area contributed by atoms with E-state index in [4.69, 9.17) is 16.3 Å². The highest BCUT2D eigenvalue weighted by Crippen LogP contribution is 2.36. The van der Waals surface area contributed by atoms with Gasteiger partial charge in [-0.1, -0.05) is 17.7 Å². The number of rotatable bonds is 9. The predicted molar refractivity (Wildman–Crippen MR) is 118 cm³/mol. The molecule has 3 N–H and O–H groups in total. The maximum absolute atomic E-state index is 14.5. The number of carbonyl (C=O) groups is 1. The van der Waals surface area contributed by atoms with Crippen molar-refractivity contribution in [3.63, 3.8) is 0 Å². The highest BCUT2D eigenvalue weighted by Gasteiger charge is 2.34. The zero-order valence-corrected chi connectivity index (χ0v) is 18.5. The van der Waals surface area contributed by atoms with Crippen molar-refractivity contribution >= 4 is 23.4 Å². The molecule has 0 fully saturated rings. The van der Waals surface area contributed by atoms with E-state index in [1.54, 1.807) is 4.90 Å². The lowest BCUT2D eigenvalue weighted by molar-refractivity contribution is -0.136. The van der Waals surface area contributed by atoms with Crippen molar-refractivity contribution in [2.75, 3.05) is 40.0 Å². The van der Waals surface area contributed by atoms with Gasteiger partial charge in [0.1, 0.15) is 17.6 Å². The van der Waals surface area contributed by atoms with Crippen molar-refractivity contribution in [2.45, 2.75) is 6.04 Å². The molecule has 33 heavy (non-hydrogen) atoms. The van der Waals surface area contributed by atoms with E-state index < -0.39 is 23.6 Å². The third-order valence-electron chi connectivity index (χ3n) is 4.99. The van der Waals surface area contributed by atoms with Gasteiger partial charge in [0.2, 0.25) is 0 Å². The quantitative estimate of drug-likeness (QED) is 0.470. The number of ether oxygens (including phenoxy) is 1. The van der Waals surface area contributed by atoms with Gasteiger partial charge in [-0.2, -0.15) is 0 Å². The van der Waals surface area contributed by atoms with Crippen LogP contribution in [0, 0.1) is 11.6 Å². The van der Waals surface area contributed by atoms with Gasteiger partial charge in [0, 0.05) is 42.1 Å². The molecule has 0 radical (unpaired) electrons. The van der Waals surface area contributed by atoms with E-state index in [1.165, 1.54) is 37.6 Å². The van der Waals surface area contributed by atoms with Crippen LogP contribution in [0.3, 0.4) is 0 Å². The number of methoxy groups -OCH3 is 1. The summed E-state index contributed by atoms with van der Waals surface area (Å²) in [6, 6.07) is 5.26. The molecule has 3 rings (SSSR count). The maximum Gasteiger partial charge on any atom is 0.338 e. The van der Waals surface area contributed by atoms with Gasteiger partial charge in [-0.15, -0.1) is 0 Å². The molecule has 1 aliphatic heterocycles. The summed E-state index contributed by atoms with van der Waals surface area (Å²) in [5.41, 5.74) is 0.594. The smallest absolute Gasteiger partial charge is 0.338 e. The van der Waals surface area contributed by atoms with Crippen molar-refractivity contribution in [3.05, 3.63) is 75.7 Å². The van der Waals surface area contributed by atoms with Crippen LogP contribution in [-0.2, 0) is 9.53 Å². The van der Waals surface area contributed by atoms with Crippen LogP contribution < -0.4 is 5.32 Å². The second kappa shape index (κ2) is 11.3. The molecule has 8 nitrogen and oxygen atoms in total. The van der Waals surface area contributed by atoms with E-state index in [1.807, 2.05) is 0 Å². The van der Waals surface area contributed by atoms with Crippen LogP contribution in [0.4, 0.5) is 8.78 Å². The molecule has 11 heteroatoms. The average molecular weight is 481 g/mol. The number of aliphatic hydroxyl groups is 2. The minimum absolute atomic E-state index is 0.0230. The molecular formula is C22H23ClF2N4O4. The molecule has 1 aromatic heterocycles. The molecule has 0 amide bonds. The fourth-order valence-corrected chi connectivity index (χ4v) is 3.75. The molecule has 1 atom stereocenters. The van der Waals surface area contributed by atoms with Crippen molar-refractivity contribution in [1.82, 2.24) is 15.2 Å². The molecule has 176 valence electrons. The molecule has 1 aromatic carbocycles. The lowest BCUT2D eigenvalue weighted by Gasteiger charge is -2.30. The lowest BCUT2D eigenvalue weighted by Crippen LogP contribution is -2.41. The minimum atomic E-state index is -1.05. The van der Waals surface area contributed by atoms with Gasteiger partial charge in [-0.25, -0.2) is 18.6 Å². The van der Waals surface area contributed by atoms with Gasteiger partial charge in [-0.05, 0) is 24.3 Å². The number of esters is 1. The van der Waals surface area contributed by atoms with Crippen molar-refractivity contribution in [3.8, 4) is 0 Å². The summed E-state index contributed by atoms with van der Waals surface area (Å²) in [7, 11) is 1.20. The second-order valence-electron chi connectivity index (χ2n) is 7.11. The number of halogens is 3. The van der Waals surface area contributed by atoms with Crippen LogP contribution in [0.25, 0.3) is 0 Å². The highest BCUT2D eigenvalue weighted by atomic mass is 35.5. The number of amidine groups is 1. The third-order valence-corrected chi connectivity index (χ3v) is 5.31. The van der Waals surface area contributed by atoms with Gasteiger partial charge in [0.05, 0.1) is 25.9 Å². The Balaban J connectivity index is 2.19. The Kier molecular flexibility index (Phi) is 8.45. The first-order chi connectivity index (χ1) is 15.9. The first-order valence-electron chi connectivity index (χ1n) is 10.1. The summed E-state index contributed by atoms with van der Waals surface area (Å²) >= 11 is 6.28. The zero-order chi connectivity index (χ0) is 24.0. The number of hydrogen-bond donors (Lipinski definition) is 3. The summed E-state index contributed by atoms with van der Waals surface area (Å²) in [5, 5.41) is 21.8. The van der Waals surface area contributed by atoms with Crippen molar-refractivity contribution in [2.24, 2.45) is 4.99 Å². The number of benzene rings is 1.